The molecule has 0 N–H and O–H groups in total. The summed E-state index contributed by atoms with van der Waals surface area (Å²) < 4.78 is 0. The third-order valence-corrected chi connectivity index (χ3v) is 4.34. The molecule has 0 spiro atoms. The second-order valence-electron chi connectivity index (χ2n) is 6.05. The zero-order valence-electron chi connectivity index (χ0n) is 13.4. The third-order valence-electron chi connectivity index (χ3n) is 4.34. The number of aromatic nitrogens is 1. The predicted molar refractivity (Wildman–Crippen MR) is 94.7 cm³/mol. The highest BCUT2D eigenvalue weighted by molar-refractivity contribution is 6.14. The van der Waals surface area contributed by atoms with E-state index in [4.69, 9.17) is 0 Å². The summed E-state index contributed by atoms with van der Waals surface area (Å²) in [4.78, 5) is 17.0. The fraction of sp³-hybridized carbons (Fsp3) is 0.238. The van der Waals surface area contributed by atoms with E-state index in [0.717, 1.165) is 41.5 Å². The number of ketones is 1. The molecule has 1 unspecified atom stereocenters. The molecule has 1 atom stereocenters. The van der Waals surface area contributed by atoms with Crippen LogP contribution >= 0.6 is 0 Å². The molecule has 116 valence electrons. The van der Waals surface area contributed by atoms with E-state index in [1.54, 1.807) is 12.4 Å². The number of hydrogen-bond donors (Lipinski definition) is 0. The minimum Gasteiger partial charge on any atom is -0.289 e. The molecule has 0 saturated heterocycles. The van der Waals surface area contributed by atoms with Crippen molar-refractivity contribution in [1.29, 1.82) is 0 Å². The first-order chi connectivity index (χ1) is 11.3. The van der Waals surface area contributed by atoms with Crippen LogP contribution in [0.5, 0.6) is 0 Å². The van der Waals surface area contributed by atoms with Crippen LogP contribution in [-0.2, 0) is 4.79 Å². The number of hydrogen-bond acceptors (Lipinski definition) is 2. The monoisotopic (exact) mass is 303 g/mol. The smallest absolute Gasteiger partial charge is 0.185 e. The highest BCUT2D eigenvalue weighted by Gasteiger charge is 2.26. The largest absolute Gasteiger partial charge is 0.289 e. The molecule has 1 heterocycles. The maximum atomic E-state index is 12.8. The predicted octanol–water partition coefficient (Wildman–Crippen LogP) is 4.94. The van der Waals surface area contributed by atoms with E-state index in [-0.39, 0.29) is 5.78 Å². The van der Waals surface area contributed by atoms with Crippen LogP contribution < -0.4 is 0 Å². The van der Waals surface area contributed by atoms with Crippen molar-refractivity contribution < 1.29 is 4.79 Å². The Morgan fingerprint density at radius 2 is 1.65 bits per heavy atom. The molecular formula is C21H21NO. The van der Waals surface area contributed by atoms with Crippen LogP contribution in [0.1, 0.15) is 37.3 Å². The average molecular weight is 303 g/mol. The summed E-state index contributed by atoms with van der Waals surface area (Å²) in [5, 5.41) is 0. The highest BCUT2D eigenvalue weighted by Crippen LogP contribution is 2.33. The lowest BCUT2D eigenvalue weighted by atomic mass is 9.79. The summed E-state index contributed by atoms with van der Waals surface area (Å²) in [6.07, 6.45) is 10.4. The molecule has 1 aromatic carbocycles. The van der Waals surface area contributed by atoms with Crippen molar-refractivity contribution in [2.45, 2.75) is 26.2 Å². The lowest BCUT2D eigenvalue weighted by Crippen LogP contribution is -2.19. The zero-order chi connectivity index (χ0) is 16.1. The topological polar surface area (TPSA) is 30.0 Å². The molecule has 0 aliphatic heterocycles. The molecule has 2 heteroatoms. The quantitative estimate of drug-likeness (QED) is 0.752. The first kappa shape index (κ1) is 15.4. The van der Waals surface area contributed by atoms with Gasteiger partial charge >= 0.3 is 0 Å². The fourth-order valence-corrected chi connectivity index (χ4v) is 3.04. The molecule has 2 nitrogen and oxygen atoms in total. The Kier molecular flexibility index (Phi) is 4.82. The summed E-state index contributed by atoms with van der Waals surface area (Å²) in [6.45, 7) is 2.20. The minimum absolute atomic E-state index is 0.183. The van der Waals surface area contributed by atoms with Crippen molar-refractivity contribution in [2.24, 2.45) is 5.92 Å². The number of allylic oxidation sites excluding steroid dienone is 2. The Bertz CT molecular complexity index is 667. The molecule has 1 aliphatic carbocycles. The van der Waals surface area contributed by atoms with E-state index >= 15 is 0 Å². The number of rotatable bonds is 3. The standard InChI is InChI=1S/C21H21NO/c1-2-16-11-19(13-17-7-4-3-5-8-17)21(23)20(12-16)14-18-9-6-10-22-15-18/h3-10,13-16H,2,11-12H2,1H3/b19-13+,20-14+. The summed E-state index contributed by atoms with van der Waals surface area (Å²) in [7, 11) is 0. The maximum absolute atomic E-state index is 12.8. The van der Waals surface area contributed by atoms with Crippen molar-refractivity contribution in [1.82, 2.24) is 4.98 Å². The van der Waals surface area contributed by atoms with Crippen LogP contribution in [-0.4, -0.2) is 10.8 Å². The third kappa shape index (κ3) is 3.84. The Morgan fingerprint density at radius 1 is 1.00 bits per heavy atom. The lowest BCUT2D eigenvalue weighted by Gasteiger charge is -2.24. The molecule has 0 amide bonds. The number of carbonyl (C=O) groups excluding carboxylic acids is 1. The van der Waals surface area contributed by atoms with Crippen LogP contribution in [0.25, 0.3) is 12.2 Å². The number of Topliss-reactive ketones (excluding diaryl/α,β-unsaturated/α-hetero) is 1. The normalized spacial score (nSPS) is 21.8. The van der Waals surface area contributed by atoms with E-state index in [1.165, 1.54) is 0 Å². The van der Waals surface area contributed by atoms with E-state index < -0.39 is 0 Å². The lowest BCUT2D eigenvalue weighted by molar-refractivity contribution is -0.113. The van der Waals surface area contributed by atoms with Gasteiger partial charge in [-0.25, -0.2) is 0 Å². The summed E-state index contributed by atoms with van der Waals surface area (Å²) in [6, 6.07) is 14.0. The van der Waals surface area contributed by atoms with E-state index in [2.05, 4.69) is 11.9 Å². The molecule has 0 radical (unpaired) electrons. The second kappa shape index (κ2) is 7.19. The number of nitrogens with zero attached hydrogens (tertiary/aromatic N) is 1. The van der Waals surface area contributed by atoms with Crippen molar-refractivity contribution in [2.75, 3.05) is 0 Å². The van der Waals surface area contributed by atoms with Gasteiger partial charge in [0.25, 0.3) is 0 Å². The highest BCUT2D eigenvalue weighted by atomic mass is 16.1. The van der Waals surface area contributed by atoms with Crippen molar-refractivity contribution >= 4 is 17.9 Å². The first-order valence-corrected chi connectivity index (χ1v) is 8.17. The van der Waals surface area contributed by atoms with Crippen molar-refractivity contribution in [3.05, 3.63) is 77.1 Å². The van der Waals surface area contributed by atoms with Crippen molar-refractivity contribution in [3.63, 3.8) is 0 Å². The van der Waals surface area contributed by atoms with Gasteiger partial charge in [0.05, 0.1) is 0 Å². The SMILES string of the molecule is CCC1C/C(=C\c2ccccc2)C(=O)/C(=C/c2cccnc2)C1. The molecule has 0 bridgehead atoms. The fourth-order valence-electron chi connectivity index (χ4n) is 3.04. The van der Waals surface area contributed by atoms with Gasteiger partial charge < -0.3 is 0 Å². The Morgan fingerprint density at radius 3 is 2.26 bits per heavy atom. The summed E-state index contributed by atoms with van der Waals surface area (Å²) in [5.74, 6) is 0.716. The van der Waals surface area contributed by atoms with Gasteiger partial charge in [0.2, 0.25) is 0 Å². The van der Waals surface area contributed by atoms with Crippen LogP contribution in [0.3, 0.4) is 0 Å². The molecule has 1 aromatic heterocycles. The van der Waals surface area contributed by atoms with Crippen LogP contribution in [0.15, 0.2) is 66.0 Å². The van der Waals surface area contributed by atoms with E-state index in [9.17, 15) is 4.79 Å². The van der Waals surface area contributed by atoms with Crippen LogP contribution in [0.4, 0.5) is 0 Å². The Labute approximate surface area is 137 Å². The van der Waals surface area contributed by atoms with Gasteiger partial charge in [-0.1, -0.05) is 49.7 Å². The first-order valence-electron chi connectivity index (χ1n) is 8.17. The van der Waals surface area contributed by atoms with Crippen molar-refractivity contribution in [3.8, 4) is 0 Å². The van der Waals surface area contributed by atoms with Crippen LogP contribution in [0, 0.1) is 5.92 Å². The van der Waals surface area contributed by atoms with E-state index in [1.807, 2.05) is 54.6 Å². The molecule has 1 aliphatic rings. The molecule has 23 heavy (non-hydrogen) atoms. The second-order valence-corrected chi connectivity index (χ2v) is 6.05. The number of benzene rings is 1. The van der Waals surface area contributed by atoms with Gasteiger partial charge in [-0.05, 0) is 48.1 Å². The minimum atomic E-state index is 0.183. The summed E-state index contributed by atoms with van der Waals surface area (Å²) in [5.41, 5.74) is 3.91. The summed E-state index contributed by atoms with van der Waals surface area (Å²) >= 11 is 0. The van der Waals surface area contributed by atoms with Gasteiger partial charge in [0.1, 0.15) is 0 Å². The maximum Gasteiger partial charge on any atom is 0.185 e. The molecule has 3 rings (SSSR count). The number of carbonyl (C=O) groups is 1. The zero-order valence-corrected chi connectivity index (χ0v) is 13.4. The Hall–Kier alpha value is -2.48. The molecule has 1 saturated carbocycles. The van der Waals surface area contributed by atoms with Gasteiger partial charge in [0.15, 0.2) is 5.78 Å². The van der Waals surface area contributed by atoms with Gasteiger partial charge in [-0.3, -0.25) is 9.78 Å². The molecule has 2 aromatic rings. The Balaban J connectivity index is 1.94. The number of pyridine rings is 1. The van der Waals surface area contributed by atoms with Crippen LogP contribution in [0.2, 0.25) is 0 Å². The molecular weight excluding hydrogens is 282 g/mol. The van der Waals surface area contributed by atoms with Gasteiger partial charge in [0, 0.05) is 23.5 Å². The molecule has 1 fully saturated rings. The van der Waals surface area contributed by atoms with Gasteiger partial charge in [-0.2, -0.15) is 0 Å². The van der Waals surface area contributed by atoms with Gasteiger partial charge in [-0.15, -0.1) is 0 Å². The average Bonchev–Trinajstić information content (AvgIpc) is 2.60. The van der Waals surface area contributed by atoms with E-state index in [0.29, 0.717) is 5.92 Å².